The van der Waals surface area contributed by atoms with Gasteiger partial charge in [0.2, 0.25) is 17.5 Å². The van der Waals surface area contributed by atoms with Crippen molar-refractivity contribution in [3.8, 4) is 11.6 Å². The van der Waals surface area contributed by atoms with E-state index in [0.717, 1.165) is 6.42 Å². The monoisotopic (exact) mass is 289 g/mol. The molecule has 1 atom stereocenters. The van der Waals surface area contributed by atoms with Crippen molar-refractivity contribution in [2.75, 3.05) is 6.61 Å². The van der Waals surface area contributed by atoms with Gasteiger partial charge in [-0.25, -0.2) is 9.97 Å². The Balaban J connectivity index is 1.62. The second-order valence-electron chi connectivity index (χ2n) is 4.95. The number of amides is 1. The lowest BCUT2D eigenvalue weighted by atomic mass is 10.0. The average Bonchev–Trinajstić information content (AvgIpc) is 3.15. The second kappa shape index (κ2) is 5.57. The lowest BCUT2D eigenvalue weighted by Gasteiger charge is -2.21. The van der Waals surface area contributed by atoms with Gasteiger partial charge in [-0.1, -0.05) is 5.16 Å². The topological polar surface area (TPSA) is 103 Å². The summed E-state index contributed by atoms with van der Waals surface area (Å²) in [5.41, 5.74) is -0.759. The number of hydrogen-bond donors (Lipinski definition) is 1. The molecule has 1 amide bonds. The maximum absolute atomic E-state index is 12.1. The van der Waals surface area contributed by atoms with Crippen LogP contribution < -0.4 is 5.32 Å². The third-order valence-electron chi connectivity index (χ3n) is 3.33. The molecule has 21 heavy (non-hydrogen) atoms. The first-order chi connectivity index (χ1) is 10.2. The number of aromatic nitrogens is 4. The van der Waals surface area contributed by atoms with E-state index >= 15 is 0 Å². The Labute approximate surface area is 120 Å². The van der Waals surface area contributed by atoms with E-state index < -0.39 is 5.60 Å². The summed E-state index contributed by atoms with van der Waals surface area (Å²) in [6.07, 6.45) is 4.79. The molecule has 1 N–H and O–H groups in total. The Kier molecular flexibility index (Phi) is 3.61. The Morgan fingerprint density at radius 2 is 2.19 bits per heavy atom. The molecule has 3 rings (SSSR count). The zero-order chi connectivity index (χ0) is 14.7. The number of nitrogens with one attached hydrogen (secondary N) is 1. The minimum atomic E-state index is -0.759. The minimum Gasteiger partial charge on any atom is -0.365 e. The van der Waals surface area contributed by atoms with Crippen LogP contribution in [0, 0.1) is 0 Å². The van der Waals surface area contributed by atoms with Crippen LogP contribution in [0.5, 0.6) is 0 Å². The number of hydrogen-bond acceptors (Lipinski definition) is 7. The van der Waals surface area contributed by atoms with E-state index in [2.05, 4.69) is 25.4 Å². The van der Waals surface area contributed by atoms with Gasteiger partial charge in [0, 0.05) is 19.0 Å². The zero-order valence-electron chi connectivity index (χ0n) is 11.6. The fourth-order valence-electron chi connectivity index (χ4n) is 2.13. The van der Waals surface area contributed by atoms with Gasteiger partial charge in [0.15, 0.2) is 0 Å². The van der Waals surface area contributed by atoms with Crippen LogP contribution in [0.15, 0.2) is 23.0 Å². The molecule has 8 nitrogen and oxygen atoms in total. The molecule has 0 aliphatic carbocycles. The average molecular weight is 289 g/mol. The summed E-state index contributed by atoms with van der Waals surface area (Å²) in [6, 6.07) is 1.70. The Hall–Kier alpha value is -2.35. The summed E-state index contributed by atoms with van der Waals surface area (Å²) in [5.74, 6) is 0.802. The summed E-state index contributed by atoms with van der Waals surface area (Å²) in [5, 5.41) is 6.53. The molecular formula is C13H15N5O3. The number of ether oxygens (including phenoxy) is 1. The SMILES string of the molecule is CC1(C(=O)NCc2nc(-c3ncccn3)no2)CCCO1. The van der Waals surface area contributed by atoms with E-state index in [0.29, 0.717) is 30.6 Å². The van der Waals surface area contributed by atoms with Crippen LogP contribution in [0.4, 0.5) is 0 Å². The van der Waals surface area contributed by atoms with Crippen molar-refractivity contribution in [2.24, 2.45) is 0 Å². The zero-order valence-corrected chi connectivity index (χ0v) is 11.6. The molecule has 2 aromatic rings. The molecule has 1 fully saturated rings. The van der Waals surface area contributed by atoms with Gasteiger partial charge >= 0.3 is 0 Å². The molecule has 8 heteroatoms. The van der Waals surface area contributed by atoms with Gasteiger partial charge < -0.3 is 14.6 Å². The quantitative estimate of drug-likeness (QED) is 0.884. The van der Waals surface area contributed by atoms with Gasteiger partial charge in [-0.3, -0.25) is 4.79 Å². The molecular weight excluding hydrogens is 274 g/mol. The molecule has 1 unspecified atom stereocenters. The summed E-state index contributed by atoms with van der Waals surface area (Å²) in [6.45, 7) is 2.55. The maximum atomic E-state index is 12.1. The van der Waals surface area contributed by atoms with Gasteiger partial charge in [-0.15, -0.1) is 0 Å². The first kappa shape index (κ1) is 13.6. The molecule has 110 valence electrons. The smallest absolute Gasteiger partial charge is 0.252 e. The maximum Gasteiger partial charge on any atom is 0.252 e. The van der Waals surface area contributed by atoms with Crippen LogP contribution in [-0.2, 0) is 16.1 Å². The van der Waals surface area contributed by atoms with Gasteiger partial charge in [-0.05, 0) is 25.8 Å². The van der Waals surface area contributed by atoms with E-state index in [4.69, 9.17) is 9.26 Å². The normalized spacial score (nSPS) is 21.4. The molecule has 1 saturated heterocycles. The van der Waals surface area contributed by atoms with Crippen molar-refractivity contribution in [2.45, 2.75) is 31.9 Å². The highest BCUT2D eigenvalue weighted by atomic mass is 16.5. The lowest BCUT2D eigenvalue weighted by molar-refractivity contribution is -0.139. The second-order valence-corrected chi connectivity index (χ2v) is 4.95. The van der Waals surface area contributed by atoms with Gasteiger partial charge in [0.05, 0.1) is 6.54 Å². The van der Waals surface area contributed by atoms with Crippen LogP contribution in [0.3, 0.4) is 0 Å². The van der Waals surface area contributed by atoms with Gasteiger partial charge in [0.1, 0.15) is 5.60 Å². The highest BCUT2D eigenvalue weighted by molar-refractivity contribution is 5.84. The molecule has 0 saturated carbocycles. The molecule has 0 spiro atoms. The summed E-state index contributed by atoms with van der Waals surface area (Å²) < 4.78 is 10.5. The van der Waals surface area contributed by atoms with Gasteiger partial charge in [0.25, 0.3) is 5.91 Å². The third-order valence-corrected chi connectivity index (χ3v) is 3.33. The number of nitrogens with zero attached hydrogens (tertiary/aromatic N) is 4. The summed E-state index contributed by atoms with van der Waals surface area (Å²) >= 11 is 0. The van der Waals surface area contributed by atoms with Crippen LogP contribution in [0.1, 0.15) is 25.7 Å². The largest absolute Gasteiger partial charge is 0.365 e. The van der Waals surface area contributed by atoms with Gasteiger partial charge in [-0.2, -0.15) is 4.98 Å². The summed E-state index contributed by atoms with van der Waals surface area (Å²) in [4.78, 5) is 24.3. The third kappa shape index (κ3) is 2.89. The van der Waals surface area contributed by atoms with E-state index in [1.54, 1.807) is 25.4 Å². The minimum absolute atomic E-state index is 0.150. The van der Waals surface area contributed by atoms with E-state index in [-0.39, 0.29) is 12.5 Å². The Morgan fingerprint density at radius 3 is 2.90 bits per heavy atom. The van der Waals surface area contributed by atoms with Crippen molar-refractivity contribution in [3.63, 3.8) is 0 Å². The number of rotatable bonds is 4. The number of carbonyl (C=O) groups is 1. The van der Waals surface area contributed by atoms with E-state index in [1.165, 1.54) is 0 Å². The molecule has 2 aromatic heterocycles. The van der Waals surface area contributed by atoms with Crippen molar-refractivity contribution < 1.29 is 14.1 Å². The highest BCUT2D eigenvalue weighted by Gasteiger charge is 2.37. The van der Waals surface area contributed by atoms with Crippen molar-refractivity contribution >= 4 is 5.91 Å². The lowest BCUT2D eigenvalue weighted by Crippen LogP contribution is -2.43. The van der Waals surface area contributed by atoms with Crippen LogP contribution in [0.2, 0.25) is 0 Å². The standard InChI is InChI=1S/C13H15N5O3/c1-13(4-2-7-20-13)12(19)16-8-9-17-11(18-21-9)10-14-5-3-6-15-10/h3,5-6H,2,4,7-8H2,1H3,(H,16,19). The van der Waals surface area contributed by atoms with Crippen LogP contribution in [-0.4, -0.2) is 38.2 Å². The molecule has 0 radical (unpaired) electrons. The predicted molar refractivity (Wildman–Crippen MR) is 70.8 cm³/mol. The predicted octanol–water partition coefficient (Wildman–Crippen LogP) is 0.712. The fraction of sp³-hybridized carbons (Fsp3) is 0.462. The molecule has 1 aliphatic rings. The van der Waals surface area contributed by atoms with E-state index in [1.807, 2.05) is 0 Å². The molecule has 1 aliphatic heterocycles. The van der Waals surface area contributed by atoms with Crippen LogP contribution in [0.25, 0.3) is 11.6 Å². The number of carbonyl (C=O) groups excluding carboxylic acids is 1. The van der Waals surface area contributed by atoms with E-state index in [9.17, 15) is 4.79 Å². The first-order valence-electron chi connectivity index (χ1n) is 6.70. The highest BCUT2D eigenvalue weighted by Crippen LogP contribution is 2.25. The van der Waals surface area contributed by atoms with Crippen LogP contribution >= 0.6 is 0 Å². The molecule has 0 aromatic carbocycles. The van der Waals surface area contributed by atoms with Crippen molar-refractivity contribution in [1.82, 2.24) is 25.4 Å². The Morgan fingerprint density at radius 1 is 1.38 bits per heavy atom. The Bertz CT molecular complexity index is 622. The van der Waals surface area contributed by atoms with Crippen molar-refractivity contribution in [3.05, 3.63) is 24.4 Å². The van der Waals surface area contributed by atoms with Crippen molar-refractivity contribution in [1.29, 1.82) is 0 Å². The molecule has 0 bridgehead atoms. The first-order valence-corrected chi connectivity index (χ1v) is 6.70. The molecule has 3 heterocycles. The fourth-order valence-corrected chi connectivity index (χ4v) is 2.13. The summed E-state index contributed by atoms with van der Waals surface area (Å²) in [7, 11) is 0.